The van der Waals surface area contributed by atoms with E-state index in [9.17, 15) is 0 Å². The Morgan fingerprint density at radius 2 is 2.05 bits per heavy atom. The first-order chi connectivity index (χ1) is 9.20. The van der Waals surface area contributed by atoms with Crippen LogP contribution in [0.25, 0.3) is 0 Å². The second kappa shape index (κ2) is 6.57. The van der Waals surface area contributed by atoms with Gasteiger partial charge in [-0.05, 0) is 30.9 Å². The standard InChI is InChI=1S/C15H23N3O/c1-12-6-2-3-7-13(12)10-18(11-15(16)17-19)14-8-4-5-9-14/h2-3,6-7,14,19H,4-5,8-11H2,1H3,(H2,16,17). The second-order valence-corrected chi connectivity index (χ2v) is 5.36. The lowest BCUT2D eigenvalue weighted by Crippen LogP contribution is -2.39. The molecule has 0 saturated heterocycles. The molecule has 104 valence electrons. The van der Waals surface area contributed by atoms with E-state index in [2.05, 4.69) is 41.2 Å². The van der Waals surface area contributed by atoms with Crippen LogP contribution in [0.3, 0.4) is 0 Å². The van der Waals surface area contributed by atoms with Crippen molar-refractivity contribution in [1.29, 1.82) is 0 Å². The summed E-state index contributed by atoms with van der Waals surface area (Å²) >= 11 is 0. The zero-order valence-electron chi connectivity index (χ0n) is 11.5. The fourth-order valence-corrected chi connectivity index (χ4v) is 2.83. The van der Waals surface area contributed by atoms with Gasteiger partial charge in [-0.25, -0.2) is 0 Å². The lowest BCUT2D eigenvalue weighted by molar-refractivity contribution is 0.213. The molecule has 1 aliphatic carbocycles. The van der Waals surface area contributed by atoms with Crippen molar-refractivity contribution >= 4 is 5.84 Å². The molecule has 0 heterocycles. The third-order valence-electron chi connectivity index (χ3n) is 3.97. The van der Waals surface area contributed by atoms with E-state index in [4.69, 9.17) is 10.9 Å². The zero-order chi connectivity index (χ0) is 13.7. The van der Waals surface area contributed by atoms with Crippen molar-refractivity contribution in [1.82, 2.24) is 4.90 Å². The third-order valence-corrected chi connectivity index (χ3v) is 3.97. The normalized spacial score (nSPS) is 17.3. The van der Waals surface area contributed by atoms with Crippen LogP contribution < -0.4 is 5.73 Å². The largest absolute Gasteiger partial charge is 0.409 e. The molecule has 1 aliphatic rings. The molecule has 0 atom stereocenters. The van der Waals surface area contributed by atoms with Crippen LogP contribution in [0, 0.1) is 6.92 Å². The molecule has 0 bridgehead atoms. The van der Waals surface area contributed by atoms with E-state index in [1.807, 2.05) is 0 Å². The highest BCUT2D eigenvalue weighted by molar-refractivity contribution is 5.81. The molecule has 4 nitrogen and oxygen atoms in total. The zero-order valence-corrected chi connectivity index (χ0v) is 11.5. The number of nitrogens with zero attached hydrogens (tertiary/aromatic N) is 2. The smallest absolute Gasteiger partial charge is 0.153 e. The van der Waals surface area contributed by atoms with Crippen LogP contribution in [-0.2, 0) is 6.54 Å². The first kappa shape index (κ1) is 13.9. The third kappa shape index (κ3) is 3.70. The molecular formula is C15H23N3O. The minimum absolute atomic E-state index is 0.292. The topological polar surface area (TPSA) is 61.8 Å². The van der Waals surface area contributed by atoms with E-state index in [1.165, 1.54) is 36.8 Å². The Morgan fingerprint density at radius 1 is 1.37 bits per heavy atom. The predicted molar refractivity (Wildman–Crippen MR) is 77.3 cm³/mol. The van der Waals surface area contributed by atoms with Crippen LogP contribution in [0.15, 0.2) is 29.4 Å². The Bertz CT molecular complexity index is 439. The maximum Gasteiger partial charge on any atom is 0.153 e. The van der Waals surface area contributed by atoms with E-state index >= 15 is 0 Å². The molecule has 4 heteroatoms. The summed E-state index contributed by atoms with van der Waals surface area (Å²) in [6.45, 7) is 3.54. The van der Waals surface area contributed by atoms with Gasteiger partial charge in [-0.15, -0.1) is 0 Å². The summed E-state index contributed by atoms with van der Waals surface area (Å²) in [6, 6.07) is 8.97. The molecular weight excluding hydrogens is 238 g/mol. The Morgan fingerprint density at radius 3 is 2.68 bits per heavy atom. The molecule has 0 spiro atoms. The van der Waals surface area contributed by atoms with E-state index < -0.39 is 0 Å². The molecule has 3 N–H and O–H groups in total. The van der Waals surface area contributed by atoms with Crippen LogP contribution in [-0.4, -0.2) is 28.5 Å². The van der Waals surface area contributed by atoms with Crippen molar-refractivity contribution < 1.29 is 5.21 Å². The fourth-order valence-electron chi connectivity index (χ4n) is 2.83. The number of amidine groups is 1. The van der Waals surface area contributed by atoms with Gasteiger partial charge in [0, 0.05) is 12.6 Å². The number of benzene rings is 1. The van der Waals surface area contributed by atoms with E-state index in [1.54, 1.807) is 0 Å². The fraction of sp³-hybridized carbons (Fsp3) is 0.533. The van der Waals surface area contributed by atoms with Crippen LogP contribution in [0.4, 0.5) is 0 Å². The van der Waals surface area contributed by atoms with Gasteiger partial charge >= 0.3 is 0 Å². The van der Waals surface area contributed by atoms with Crippen molar-refractivity contribution in [2.45, 2.75) is 45.2 Å². The van der Waals surface area contributed by atoms with Crippen LogP contribution >= 0.6 is 0 Å². The maximum absolute atomic E-state index is 8.78. The Hall–Kier alpha value is -1.55. The average molecular weight is 261 g/mol. The lowest BCUT2D eigenvalue weighted by Gasteiger charge is -2.28. The van der Waals surface area contributed by atoms with Gasteiger partial charge in [0.25, 0.3) is 0 Å². The molecule has 0 unspecified atom stereocenters. The van der Waals surface area contributed by atoms with Crippen molar-refractivity contribution in [2.24, 2.45) is 10.9 Å². The van der Waals surface area contributed by atoms with Gasteiger partial charge in [0.2, 0.25) is 0 Å². The number of hydrogen-bond acceptors (Lipinski definition) is 3. The number of oxime groups is 1. The highest BCUT2D eigenvalue weighted by Gasteiger charge is 2.23. The molecule has 0 amide bonds. The first-order valence-electron chi connectivity index (χ1n) is 6.95. The van der Waals surface area contributed by atoms with Gasteiger partial charge in [0.15, 0.2) is 5.84 Å². The summed E-state index contributed by atoms with van der Waals surface area (Å²) in [5.41, 5.74) is 8.31. The van der Waals surface area contributed by atoms with Crippen molar-refractivity contribution in [3.8, 4) is 0 Å². The summed E-state index contributed by atoms with van der Waals surface area (Å²) in [4.78, 5) is 2.34. The minimum Gasteiger partial charge on any atom is -0.409 e. The summed E-state index contributed by atoms with van der Waals surface area (Å²) in [6.07, 6.45) is 4.99. The van der Waals surface area contributed by atoms with Crippen molar-refractivity contribution in [3.05, 3.63) is 35.4 Å². The minimum atomic E-state index is 0.292. The summed E-state index contributed by atoms with van der Waals surface area (Å²) in [5.74, 6) is 0.292. The maximum atomic E-state index is 8.78. The highest BCUT2D eigenvalue weighted by atomic mass is 16.4. The molecule has 19 heavy (non-hydrogen) atoms. The number of aryl methyl sites for hydroxylation is 1. The monoisotopic (exact) mass is 261 g/mol. The van der Waals surface area contributed by atoms with Crippen molar-refractivity contribution in [3.63, 3.8) is 0 Å². The molecule has 1 aromatic carbocycles. The molecule has 0 aromatic heterocycles. The molecule has 2 rings (SSSR count). The second-order valence-electron chi connectivity index (χ2n) is 5.36. The summed E-state index contributed by atoms with van der Waals surface area (Å²) in [5, 5.41) is 11.9. The van der Waals surface area contributed by atoms with Gasteiger partial charge < -0.3 is 10.9 Å². The number of hydrogen-bond donors (Lipinski definition) is 2. The van der Waals surface area contributed by atoms with E-state index in [0.29, 0.717) is 18.4 Å². The lowest BCUT2D eigenvalue weighted by atomic mass is 10.1. The van der Waals surface area contributed by atoms with Gasteiger partial charge in [0.05, 0.1) is 6.54 Å². The van der Waals surface area contributed by atoms with Gasteiger partial charge in [0.1, 0.15) is 0 Å². The van der Waals surface area contributed by atoms with Crippen molar-refractivity contribution in [2.75, 3.05) is 6.54 Å². The highest BCUT2D eigenvalue weighted by Crippen LogP contribution is 2.25. The Labute approximate surface area is 114 Å². The van der Waals surface area contributed by atoms with Gasteiger partial charge in [-0.1, -0.05) is 42.3 Å². The molecule has 0 radical (unpaired) electrons. The number of nitrogens with two attached hydrogens (primary N) is 1. The van der Waals surface area contributed by atoms with Crippen LogP contribution in [0.5, 0.6) is 0 Å². The SMILES string of the molecule is Cc1ccccc1CN(CC(N)=NO)C1CCCC1. The average Bonchev–Trinajstić information content (AvgIpc) is 2.94. The molecule has 0 aliphatic heterocycles. The molecule has 1 aromatic rings. The van der Waals surface area contributed by atoms with E-state index in [-0.39, 0.29) is 0 Å². The van der Waals surface area contributed by atoms with Gasteiger partial charge in [-0.2, -0.15) is 0 Å². The first-order valence-corrected chi connectivity index (χ1v) is 6.95. The predicted octanol–water partition coefficient (Wildman–Crippen LogP) is 2.49. The molecule has 1 saturated carbocycles. The Balaban J connectivity index is 2.10. The van der Waals surface area contributed by atoms with Crippen LogP contribution in [0.1, 0.15) is 36.8 Å². The molecule has 1 fully saturated rings. The summed E-state index contributed by atoms with van der Waals surface area (Å²) < 4.78 is 0. The summed E-state index contributed by atoms with van der Waals surface area (Å²) in [7, 11) is 0. The van der Waals surface area contributed by atoms with Gasteiger partial charge in [-0.3, -0.25) is 4.90 Å². The van der Waals surface area contributed by atoms with E-state index in [0.717, 1.165) is 6.54 Å². The van der Waals surface area contributed by atoms with Crippen LogP contribution in [0.2, 0.25) is 0 Å². The number of rotatable bonds is 5. The Kier molecular flexibility index (Phi) is 4.80. The quantitative estimate of drug-likeness (QED) is 0.370.